The van der Waals surface area contributed by atoms with E-state index < -0.39 is 15.8 Å². The van der Waals surface area contributed by atoms with Crippen molar-refractivity contribution < 1.29 is 12.8 Å². The summed E-state index contributed by atoms with van der Waals surface area (Å²) in [5.74, 6) is -0.861. The Morgan fingerprint density at radius 1 is 1.23 bits per heavy atom. The average molecular weight is 367 g/mol. The molecular formula is C19H14FN3O2S. The summed E-state index contributed by atoms with van der Waals surface area (Å²) >= 11 is 0. The Hall–Kier alpha value is -3.24. The van der Waals surface area contributed by atoms with E-state index in [-0.39, 0.29) is 22.6 Å². The highest BCUT2D eigenvalue weighted by atomic mass is 32.2. The molecule has 3 aromatic rings. The maximum absolute atomic E-state index is 14.1. The minimum atomic E-state index is -3.82. The average Bonchev–Trinajstić information content (AvgIpc) is 3.08. The van der Waals surface area contributed by atoms with E-state index in [0.29, 0.717) is 0 Å². The first kappa shape index (κ1) is 17.6. The third-order valence-electron chi connectivity index (χ3n) is 3.67. The van der Waals surface area contributed by atoms with Gasteiger partial charge in [-0.05, 0) is 29.8 Å². The van der Waals surface area contributed by atoms with Crippen LogP contribution < -0.4 is 0 Å². The second kappa shape index (κ2) is 7.33. The van der Waals surface area contributed by atoms with Crippen molar-refractivity contribution >= 4 is 16.1 Å². The van der Waals surface area contributed by atoms with Gasteiger partial charge in [0.25, 0.3) is 0 Å². The number of pyridine rings is 1. The van der Waals surface area contributed by atoms with Crippen LogP contribution in [0.15, 0.2) is 67.1 Å². The van der Waals surface area contributed by atoms with Gasteiger partial charge in [-0.2, -0.15) is 5.26 Å². The van der Waals surface area contributed by atoms with Crippen LogP contribution in [0.1, 0.15) is 11.1 Å². The molecule has 0 amide bonds. The number of nitrogens with zero attached hydrogens (tertiary/aromatic N) is 3. The summed E-state index contributed by atoms with van der Waals surface area (Å²) in [5.41, 5.74) is 1.15. The molecule has 0 spiro atoms. The molecule has 0 bridgehead atoms. The van der Waals surface area contributed by atoms with Crippen LogP contribution in [0.4, 0.5) is 4.39 Å². The third kappa shape index (κ3) is 3.71. The Morgan fingerprint density at radius 3 is 2.73 bits per heavy atom. The maximum Gasteiger partial charge on any atom is 0.242 e. The normalized spacial score (nSPS) is 11.5. The zero-order valence-corrected chi connectivity index (χ0v) is 14.4. The SMILES string of the molecule is N#Cc1cc(-c2ccccc2F)n(S(=O)(=O)CC=Cc2cccnc2)c1. The van der Waals surface area contributed by atoms with E-state index in [4.69, 9.17) is 5.26 Å². The van der Waals surface area contributed by atoms with Gasteiger partial charge >= 0.3 is 0 Å². The molecular weight excluding hydrogens is 353 g/mol. The van der Waals surface area contributed by atoms with E-state index in [1.54, 1.807) is 36.7 Å². The van der Waals surface area contributed by atoms with Gasteiger partial charge in [0.15, 0.2) is 0 Å². The summed E-state index contributed by atoms with van der Waals surface area (Å²) in [5, 5.41) is 9.11. The molecule has 0 N–H and O–H groups in total. The van der Waals surface area contributed by atoms with Crippen molar-refractivity contribution in [3.63, 3.8) is 0 Å². The fourth-order valence-electron chi connectivity index (χ4n) is 2.46. The molecule has 0 aliphatic carbocycles. The number of rotatable bonds is 5. The minimum Gasteiger partial charge on any atom is -0.264 e. The Bertz CT molecular complexity index is 1100. The predicted molar refractivity (Wildman–Crippen MR) is 97.0 cm³/mol. The fraction of sp³-hybridized carbons (Fsp3) is 0.0526. The molecule has 0 saturated carbocycles. The molecule has 0 saturated heterocycles. The Morgan fingerprint density at radius 2 is 2.04 bits per heavy atom. The number of benzene rings is 1. The van der Waals surface area contributed by atoms with E-state index in [1.165, 1.54) is 36.5 Å². The molecule has 3 rings (SSSR count). The van der Waals surface area contributed by atoms with Crippen molar-refractivity contribution in [2.24, 2.45) is 0 Å². The number of hydrogen-bond donors (Lipinski definition) is 0. The standard InChI is InChI=1S/C19H14FN3O2S/c20-18-8-2-1-7-17(18)19-11-16(12-21)14-23(19)26(24,25)10-4-6-15-5-3-9-22-13-15/h1-9,11,13-14H,10H2. The highest BCUT2D eigenvalue weighted by molar-refractivity contribution is 7.90. The van der Waals surface area contributed by atoms with Crippen LogP contribution >= 0.6 is 0 Å². The van der Waals surface area contributed by atoms with Gasteiger partial charge in [0.05, 0.1) is 17.0 Å². The molecule has 0 atom stereocenters. The zero-order chi connectivity index (χ0) is 18.6. The Balaban J connectivity index is 1.97. The van der Waals surface area contributed by atoms with Crippen LogP contribution in [0.3, 0.4) is 0 Å². The molecule has 1 aromatic carbocycles. The molecule has 0 fully saturated rings. The summed E-state index contributed by atoms with van der Waals surface area (Å²) in [4.78, 5) is 3.95. The third-order valence-corrected chi connectivity index (χ3v) is 5.18. The lowest BCUT2D eigenvalue weighted by molar-refractivity contribution is 0.590. The number of nitriles is 1. The quantitative estimate of drug-likeness (QED) is 0.692. The van der Waals surface area contributed by atoms with Gasteiger partial charge in [-0.1, -0.05) is 30.4 Å². The summed E-state index contributed by atoms with van der Waals surface area (Å²) in [6.07, 6.45) is 7.57. The molecule has 26 heavy (non-hydrogen) atoms. The number of halogens is 1. The second-order valence-corrected chi connectivity index (χ2v) is 7.36. The van der Waals surface area contributed by atoms with E-state index in [0.717, 1.165) is 9.54 Å². The summed E-state index contributed by atoms with van der Waals surface area (Å²) in [6, 6.07) is 12.6. The van der Waals surface area contributed by atoms with Crippen molar-refractivity contribution in [2.75, 3.05) is 5.75 Å². The van der Waals surface area contributed by atoms with E-state index in [1.807, 2.05) is 6.07 Å². The lowest BCUT2D eigenvalue weighted by Gasteiger charge is -2.09. The van der Waals surface area contributed by atoms with E-state index in [2.05, 4.69) is 4.98 Å². The smallest absolute Gasteiger partial charge is 0.242 e. The highest BCUT2D eigenvalue weighted by Gasteiger charge is 2.20. The second-order valence-electron chi connectivity index (χ2n) is 5.47. The summed E-state index contributed by atoms with van der Waals surface area (Å²) in [6.45, 7) is 0. The first-order chi connectivity index (χ1) is 12.5. The van der Waals surface area contributed by atoms with Crippen LogP contribution in [0.5, 0.6) is 0 Å². The van der Waals surface area contributed by atoms with E-state index >= 15 is 0 Å². The molecule has 5 nitrogen and oxygen atoms in total. The lowest BCUT2D eigenvalue weighted by Crippen LogP contribution is -2.15. The molecule has 7 heteroatoms. The molecule has 0 radical (unpaired) electrons. The van der Waals surface area contributed by atoms with Gasteiger partial charge < -0.3 is 0 Å². The monoisotopic (exact) mass is 367 g/mol. The van der Waals surface area contributed by atoms with Crippen molar-refractivity contribution in [2.45, 2.75) is 0 Å². The van der Waals surface area contributed by atoms with Gasteiger partial charge in [-0.3, -0.25) is 4.98 Å². The van der Waals surface area contributed by atoms with Crippen LogP contribution in [0, 0.1) is 17.1 Å². The van der Waals surface area contributed by atoms with Crippen molar-refractivity contribution in [1.29, 1.82) is 5.26 Å². The molecule has 0 aliphatic rings. The van der Waals surface area contributed by atoms with Crippen LogP contribution in [0.25, 0.3) is 17.3 Å². The molecule has 2 heterocycles. The first-order valence-corrected chi connectivity index (χ1v) is 9.29. The van der Waals surface area contributed by atoms with Crippen molar-refractivity contribution in [3.05, 3.63) is 84.1 Å². The summed E-state index contributed by atoms with van der Waals surface area (Å²) < 4.78 is 40.5. The molecule has 130 valence electrons. The van der Waals surface area contributed by atoms with Gasteiger partial charge in [-0.15, -0.1) is 0 Å². The maximum atomic E-state index is 14.1. The van der Waals surface area contributed by atoms with E-state index in [9.17, 15) is 12.8 Å². The van der Waals surface area contributed by atoms with Crippen LogP contribution in [-0.4, -0.2) is 23.1 Å². The predicted octanol–water partition coefficient (Wildman–Crippen LogP) is 3.45. The van der Waals surface area contributed by atoms with Crippen LogP contribution in [0.2, 0.25) is 0 Å². The van der Waals surface area contributed by atoms with Gasteiger partial charge in [0.1, 0.15) is 11.9 Å². The largest absolute Gasteiger partial charge is 0.264 e. The van der Waals surface area contributed by atoms with Gasteiger partial charge in [0, 0.05) is 24.2 Å². The molecule has 2 aromatic heterocycles. The summed E-state index contributed by atoms with van der Waals surface area (Å²) in [7, 11) is -3.82. The minimum absolute atomic E-state index is 0.119. The molecule has 0 unspecified atom stereocenters. The highest BCUT2D eigenvalue weighted by Crippen LogP contribution is 2.26. The zero-order valence-electron chi connectivity index (χ0n) is 13.6. The van der Waals surface area contributed by atoms with Gasteiger partial charge in [0.2, 0.25) is 10.0 Å². The Labute approximate surface area is 150 Å². The molecule has 0 aliphatic heterocycles. The number of hydrogen-bond acceptors (Lipinski definition) is 4. The fourth-order valence-corrected chi connectivity index (χ4v) is 3.69. The topological polar surface area (TPSA) is 75.8 Å². The Kier molecular flexibility index (Phi) is 4.96. The lowest BCUT2D eigenvalue weighted by atomic mass is 10.1. The van der Waals surface area contributed by atoms with Gasteiger partial charge in [-0.25, -0.2) is 16.8 Å². The van der Waals surface area contributed by atoms with Crippen LogP contribution in [-0.2, 0) is 10.0 Å². The van der Waals surface area contributed by atoms with Crippen molar-refractivity contribution in [3.8, 4) is 17.3 Å². The first-order valence-electron chi connectivity index (χ1n) is 7.68. The number of aromatic nitrogens is 2. The van der Waals surface area contributed by atoms with Crippen molar-refractivity contribution in [1.82, 2.24) is 8.96 Å².